The topological polar surface area (TPSA) is 216 Å². The second kappa shape index (κ2) is 62.7. The molecule has 0 saturated heterocycles. The molecule has 0 bridgehead atoms. The van der Waals surface area contributed by atoms with Crippen LogP contribution in [0.1, 0.15) is 286 Å². The smallest absolute Gasteiger partial charge is 0.494 e. The number of benzene rings is 8. The van der Waals surface area contributed by atoms with Crippen molar-refractivity contribution in [3.8, 4) is 68.6 Å². The highest BCUT2D eigenvalue weighted by Crippen LogP contribution is 2.41. The van der Waals surface area contributed by atoms with E-state index in [9.17, 15) is 45.5 Å². The third-order valence-electron chi connectivity index (χ3n) is 24.9. The third-order valence-corrected chi connectivity index (χ3v) is 54.3. The first-order chi connectivity index (χ1) is 70.9. The monoisotopic (exact) mass is 2260 g/mol. The maximum absolute atomic E-state index is 13.1. The van der Waals surface area contributed by atoms with Crippen molar-refractivity contribution in [3.63, 3.8) is 0 Å². The molecule has 36 heteroatoms. The van der Waals surface area contributed by atoms with Gasteiger partial charge in [0.2, 0.25) is 0 Å². The Morgan fingerprint density at radius 2 is 0.513 bits per heavy atom. The Bertz CT molecular complexity index is 4990. The van der Waals surface area contributed by atoms with Gasteiger partial charge in [-0.3, -0.25) is 0 Å². The Morgan fingerprint density at radius 3 is 0.793 bits per heavy atom. The summed E-state index contributed by atoms with van der Waals surface area (Å²) in [6.07, 6.45) is 30.7. The van der Waals surface area contributed by atoms with Crippen LogP contribution in [0.25, 0.3) is 11.1 Å². The molecule has 150 heavy (non-hydrogen) atoms. The van der Waals surface area contributed by atoms with Gasteiger partial charge in [0.25, 0.3) is 0 Å². The Balaban J connectivity index is 0.814. The predicted molar refractivity (Wildman–Crippen MR) is 607 cm³/mol. The van der Waals surface area contributed by atoms with Crippen LogP contribution in [0.15, 0.2) is 182 Å². The molecule has 0 aliphatic rings. The van der Waals surface area contributed by atoms with E-state index in [0.29, 0.717) is 24.7 Å². The number of alkyl halides is 6. The number of hydrogen-bond acceptors (Lipinski definition) is 20. The van der Waals surface area contributed by atoms with Crippen LogP contribution in [-0.4, -0.2) is 129 Å². The van der Waals surface area contributed by atoms with Gasteiger partial charge in [-0.05, 0) is 312 Å². The zero-order valence-electron chi connectivity index (χ0n) is 91.9. The van der Waals surface area contributed by atoms with Crippen molar-refractivity contribution in [2.24, 2.45) is 0 Å². The molecule has 0 heterocycles. The minimum Gasteiger partial charge on any atom is -0.494 e. The minimum atomic E-state index is -4.87. The fourth-order valence-electron chi connectivity index (χ4n) is 18.3. The van der Waals surface area contributed by atoms with E-state index in [2.05, 4.69) is 177 Å². The fraction of sp³-hybridized carbons (Fsp3) is 0.544. The van der Waals surface area contributed by atoms with E-state index in [1.807, 2.05) is 0 Å². The second-order valence-electron chi connectivity index (χ2n) is 43.6. The van der Waals surface area contributed by atoms with Gasteiger partial charge in [-0.2, -0.15) is 0 Å². The number of unbranched alkanes of at least 4 members (excludes halogenated alkanes) is 30. The van der Waals surface area contributed by atoms with Crippen LogP contribution in [0, 0.1) is 0 Å². The van der Waals surface area contributed by atoms with Crippen molar-refractivity contribution in [2.75, 3.05) is 13.2 Å². The first-order valence-electron chi connectivity index (χ1n) is 54.3. The molecule has 8 aromatic rings. The summed E-state index contributed by atoms with van der Waals surface area (Å²) in [4.78, 5) is 51.9. The molecule has 0 saturated carbocycles. The molecule has 8 aromatic carbocycles. The summed E-state index contributed by atoms with van der Waals surface area (Å²) in [7, 11) is -20.8. The van der Waals surface area contributed by atoms with Crippen LogP contribution in [0.4, 0.5) is 26.3 Å². The van der Waals surface area contributed by atoms with Crippen molar-refractivity contribution < 1.29 is 118 Å². The van der Waals surface area contributed by atoms with Crippen LogP contribution in [0.2, 0.25) is 127 Å². The van der Waals surface area contributed by atoms with Gasteiger partial charge in [0.1, 0.15) is 68.9 Å². The number of halogens is 8. The molecule has 0 amide bonds. The van der Waals surface area contributed by atoms with Gasteiger partial charge in [0.05, 0.1) is 45.5 Å². The van der Waals surface area contributed by atoms with Crippen LogP contribution in [0.3, 0.4) is 0 Å². The lowest BCUT2D eigenvalue weighted by Crippen LogP contribution is -2.64. The second-order valence-corrected chi connectivity index (χ2v) is 77.1. The van der Waals surface area contributed by atoms with Crippen LogP contribution in [0.5, 0.6) is 57.5 Å². The molecule has 6 atom stereocenters. The first kappa shape index (κ1) is 127. The van der Waals surface area contributed by atoms with E-state index in [1.165, 1.54) is 113 Å². The SMILES string of the molecule is CCCCCCCCCCC(Oc1ccc(-c2ccc(OC(CCCCCCCCCC)[Si](C)(O[Si](C)(C)C)O[Si](C)(CCCCCCCCCCCOc3ccc(C(=O)Oc4ccc(C(=O)Oc5ccc(OC(F)(F)F)cc5)c(Cl)c4)cc3)O[Si](C)(C)C)cc2)cc1)[Si](C)(O[Si](C)(C)C)O[Si](C)(CCCCCCCCCCCOc1ccc(C(=O)Oc2ccc(C(=O)Oc3ccc(OC(F)(F)F)cc3)c(Cl)c2)cc1)O[Si](C)(C)C. The molecule has 830 valence electrons. The maximum Gasteiger partial charge on any atom is 0.573 e. The van der Waals surface area contributed by atoms with Crippen molar-refractivity contribution in [3.05, 3.63) is 214 Å². The summed E-state index contributed by atoms with van der Waals surface area (Å²) >= 11 is 12.7. The average molecular weight is 2270 g/mol. The van der Waals surface area contributed by atoms with Gasteiger partial charge >= 0.3 is 70.8 Å². The van der Waals surface area contributed by atoms with E-state index in [-0.39, 0.29) is 66.8 Å². The molecule has 8 rings (SSSR count). The predicted octanol–water partition coefficient (Wildman–Crippen LogP) is 35.9. The number of rotatable bonds is 73. The lowest BCUT2D eigenvalue weighted by atomic mass is 10.1. The quantitative estimate of drug-likeness (QED) is 0.0114. The summed E-state index contributed by atoms with van der Waals surface area (Å²) in [5.74, 6) is -1.00. The summed E-state index contributed by atoms with van der Waals surface area (Å²) in [5, 5.41) is -0.124. The zero-order chi connectivity index (χ0) is 110. The van der Waals surface area contributed by atoms with Crippen molar-refractivity contribution in [1.82, 2.24) is 0 Å². The maximum atomic E-state index is 13.1. The summed E-state index contributed by atoms with van der Waals surface area (Å²) < 4.78 is 177. The van der Waals surface area contributed by atoms with Gasteiger partial charge < -0.3 is 72.1 Å². The molecular formula is C114H166Cl2F6O20Si8. The molecule has 0 N–H and O–H groups in total. The van der Waals surface area contributed by atoms with E-state index in [1.54, 1.807) is 48.5 Å². The summed E-state index contributed by atoms with van der Waals surface area (Å²) in [6.45, 7) is 42.1. The number of carbonyl (C=O) groups excluding carboxylic acids is 4. The van der Waals surface area contributed by atoms with E-state index in [0.717, 1.165) is 237 Å². The highest BCUT2D eigenvalue weighted by molar-refractivity contribution is 6.91. The highest BCUT2D eigenvalue weighted by Gasteiger charge is 2.55. The number of carbonyl (C=O) groups is 4. The molecule has 0 aromatic heterocycles. The van der Waals surface area contributed by atoms with Gasteiger partial charge in [0.15, 0.2) is 33.3 Å². The highest BCUT2D eigenvalue weighted by atomic mass is 35.5. The number of ether oxygens (including phenoxy) is 10. The van der Waals surface area contributed by atoms with Gasteiger partial charge in [-0.1, -0.05) is 254 Å². The van der Waals surface area contributed by atoms with Gasteiger partial charge in [-0.25, -0.2) is 19.2 Å². The minimum absolute atomic E-state index is 0.0309. The van der Waals surface area contributed by atoms with Gasteiger partial charge in [-0.15, -0.1) is 26.3 Å². The fourth-order valence-corrected chi connectivity index (χ4v) is 55.6. The number of esters is 4. The molecule has 0 fully saturated rings. The largest absolute Gasteiger partial charge is 0.573 e. The van der Waals surface area contributed by atoms with Crippen molar-refractivity contribution in [1.29, 1.82) is 0 Å². The van der Waals surface area contributed by atoms with Gasteiger partial charge in [0, 0.05) is 12.1 Å². The van der Waals surface area contributed by atoms with Crippen molar-refractivity contribution in [2.45, 2.75) is 386 Å². The van der Waals surface area contributed by atoms with Crippen molar-refractivity contribution >= 4 is 115 Å². The number of hydrogen-bond donors (Lipinski definition) is 0. The Hall–Kier alpha value is -7.90. The summed E-state index contributed by atoms with van der Waals surface area (Å²) in [5.41, 5.74) is 2.06. The molecular weight excluding hydrogens is 2100 g/mol. The van der Waals surface area contributed by atoms with E-state index in [4.69, 9.17) is 85.8 Å². The standard InChI is InChI=1S/C114H166Cl2F6O20Si8/c1-19-21-23-25-27-35-41-47-53-107(149(17,139-145(9,10)11)141-147(15,137-143(3,4)5)85-51-45-39-33-29-31-37-43-49-83-127-93-63-59-91(60-64-93)109(123)133-101-79-81-103(105(115)87-101)111(125)131-97-71-75-99(76-72-97)135-113(117,118)119)129-95-67-55-89(56-68-95)90-57-69-96(70-58-90)130-108(54-48-42-36-28-26-24-22-20-2)150(18,140-146(12,13)14)142-148(16,138-144(6,7)8)86-52-46-40-34-30-32-38-44-50-84-128-94-65-61-92(62-66-94)110(124)134-102-80-82-104(106(116)88-102)112(126)132-98-73-77-100(78-74-98)136-114(120,121)122/h55-82,87-88,107-108H,19-54,83-86H2,1-18H3. The van der Waals surface area contributed by atoms with E-state index < -0.39 is 116 Å². The molecule has 0 spiro atoms. The Kier molecular flexibility index (Phi) is 53.2. The Morgan fingerprint density at radius 1 is 0.267 bits per heavy atom. The molecule has 0 aliphatic heterocycles. The lowest BCUT2D eigenvalue weighted by molar-refractivity contribution is -0.275. The van der Waals surface area contributed by atoms with E-state index >= 15 is 0 Å². The average Bonchev–Trinajstić information content (AvgIpc) is 0.784. The third kappa shape index (κ3) is 50.3. The van der Waals surface area contributed by atoms with Crippen LogP contribution in [-0.2, 0) is 24.7 Å². The molecule has 0 aliphatic carbocycles. The normalized spacial score (nSPS) is 14.2. The first-order valence-corrected chi connectivity index (χ1v) is 78.5. The Labute approximate surface area is 908 Å². The van der Waals surface area contributed by atoms with Crippen LogP contribution >= 0.6 is 23.2 Å². The zero-order valence-corrected chi connectivity index (χ0v) is 101. The molecule has 0 radical (unpaired) electrons. The molecule has 6 unspecified atom stereocenters. The molecule has 20 nitrogen and oxygen atoms in total. The lowest BCUT2D eigenvalue weighted by Gasteiger charge is -2.45. The summed E-state index contributed by atoms with van der Waals surface area (Å²) in [6, 6.07) is 49.0. The van der Waals surface area contributed by atoms with Crippen LogP contribution < -0.4 is 47.4 Å².